The Morgan fingerprint density at radius 1 is 1.33 bits per heavy atom. The molecule has 1 heterocycles. The van der Waals surface area contributed by atoms with Crippen LogP contribution in [0.5, 0.6) is 0 Å². The first kappa shape index (κ1) is 10.4. The van der Waals surface area contributed by atoms with Gasteiger partial charge in [-0.05, 0) is 12.1 Å². The lowest BCUT2D eigenvalue weighted by Crippen LogP contribution is -2.02. The third-order valence-electron chi connectivity index (χ3n) is 2.02. The van der Waals surface area contributed by atoms with Crippen LogP contribution in [0.2, 0.25) is 0 Å². The van der Waals surface area contributed by atoms with Crippen LogP contribution in [0.15, 0.2) is 24.3 Å². The lowest BCUT2D eigenvalue weighted by molar-refractivity contribution is 0.608. The van der Waals surface area contributed by atoms with E-state index in [0.717, 1.165) is 11.0 Å². The maximum absolute atomic E-state index is 10.7. The molecule has 1 aromatic heterocycles. The Bertz CT molecular complexity index is 544. The topological polar surface area (TPSA) is 62.8 Å². The first-order chi connectivity index (χ1) is 7.04. The average Bonchev–Trinajstić information content (AvgIpc) is 2.56. The molecule has 4 nitrogen and oxygen atoms in total. The lowest BCUT2D eigenvalue weighted by atomic mass is 10.3. The van der Waals surface area contributed by atoms with Crippen molar-refractivity contribution in [1.82, 2.24) is 9.97 Å². The minimum absolute atomic E-state index is 0.103. The number of fused-ring (bicyclic) bond motifs is 1. The van der Waals surface area contributed by atoms with E-state index in [1.54, 1.807) is 0 Å². The number of nitrogens with zero attached hydrogens (tertiary/aromatic N) is 1. The van der Waals surface area contributed by atoms with E-state index in [-0.39, 0.29) is 5.75 Å². The summed E-state index contributed by atoms with van der Waals surface area (Å²) >= 11 is 0. The van der Waals surface area contributed by atoms with Gasteiger partial charge in [0.05, 0.1) is 16.8 Å². The smallest absolute Gasteiger partial charge is 0.233 e. The molecule has 0 fully saturated rings. The van der Waals surface area contributed by atoms with Crippen LogP contribution >= 0.6 is 10.7 Å². The molecule has 0 spiro atoms. The Labute approximate surface area is 91.7 Å². The van der Waals surface area contributed by atoms with Gasteiger partial charge in [-0.1, -0.05) is 12.1 Å². The zero-order valence-electron chi connectivity index (χ0n) is 7.77. The van der Waals surface area contributed by atoms with Gasteiger partial charge in [-0.3, -0.25) is 0 Å². The van der Waals surface area contributed by atoms with Crippen molar-refractivity contribution in [1.29, 1.82) is 0 Å². The van der Waals surface area contributed by atoms with Crippen molar-refractivity contribution in [3.8, 4) is 0 Å². The summed E-state index contributed by atoms with van der Waals surface area (Å²) in [6.07, 6.45) is 0.306. The molecule has 0 radical (unpaired) electrons. The van der Waals surface area contributed by atoms with Gasteiger partial charge in [0.1, 0.15) is 5.82 Å². The average molecular weight is 245 g/mol. The summed E-state index contributed by atoms with van der Waals surface area (Å²) in [5, 5.41) is 0. The van der Waals surface area contributed by atoms with Crippen LogP contribution < -0.4 is 0 Å². The van der Waals surface area contributed by atoms with E-state index >= 15 is 0 Å². The molecule has 0 aliphatic rings. The van der Waals surface area contributed by atoms with E-state index in [9.17, 15) is 8.42 Å². The summed E-state index contributed by atoms with van der Waals surface area (Å²) in [4.78, 5) is 7.27. The largest absolute Gasteiger partial charge is 0.342 e. The van der Waals surface area contributed by atoms with Crippen LogP contribution in [0.25, 0.3) is 11.0 Å². The molecule has 0 aliphatic carbocycles. The summed E-state index contributed by atoms with van der Waals surface area (Å²) in [6.45, 7) is 0. The van der Waals surface area contributed by atoms with Gasteiger partial charge < -0.3 is 4.98 Å². The molecule has 0 bridgehead atoms. The number of benzene rings is 1. The number of rotatable bonds is 3. The van der Waals surface area contributed by atoms with Crippen LogP contribution in [0.3, 0.4) is 0 Å². The number of hydrogen-bond donors (Lipinski definition) is 1. The van der Waals surface area contributed by atoms with E-state index in [2.05, 4.69) is 9.97 Å². The van der Waals surface area contributed by atoms with Crippen molar-refractivity contribution >= 4 is 30.8 Å². The van der Waals surface area contributed by atoms with Crippen LogP contribution in [0.1, 0.15) is 5.82 Å². The van der Waals surface area contributed by atoms with E-state index in [1.807, 2.05) is 24.3 Å². The van der Waals surface area contributed by atoms with Gasteiger partial charge in [0, 0.05) is 17.1 Å². The monoisotopic (exact) mass is 244 g/mol. The molecular formula is C9H9ClN2O2S. The second-order valence-corrected chi connectivity index (χ2v) is 6.09. The summed E-state index contributed by atoms with van der Waals surface area (Å²) in [5.74, 6) is 0.536. The number of halogens is 1. The first-order valence-corrected chi connectivity index (χ1v) is 6.88. The summed E-state index contributed by atoms with van der Waals surface area (Å²) in [7, 11) is 1.66. The fourth-order valence-electron chi connectivity index (χ4n) is 1.34. The highest BCUT2D eigenvalue weighted by molar-refractivity contribution is 8.13. The summed E-state index contributed by atoms with van der Waals surface area (Å²) in [6, 6.07) is 7.53. The standard InChI is InChI=1S/C9H9ClN2O2S/c10-15(13,14)6-5-9-11-7-3-1-2-4-8(7)12-9/h1-4H,5-6H2,(H,11,12). The number of H-pyrrole nitrogens is 1. The van der Waals surface area contributed by atoms with E-state index in [1.165, 1.54) is 0 Å². The third kappa shape index (κ3) is 2.70. The Morgan fingerprint density at radius 3 is 2.73 bits per heavy atom. The number of aryl methyl sites for hydroxylation is 1. The zero-order valence-corrected chi connectivity index (χ0v) is 9.35. The fraction of sp³-hybridized carbons (Fsp3) is 0.222. The van der Waals surface area contributed by atoms with Crippen molar-refractivity contribution < 1.29 is 8.42 Å². The first-order valence-electron chi connectivity index (χ1n) is 4.40. The molecule has 6 heteroatoms. The van der Waals surface area contributed by atoms with Crippen LogP contribution in [-0.2, 0) is 15.5 Å². The van der Waals surface area contributed by atoms with Gasteiger partial charge in [0.25, 0.3) is 0 Å². The van der Waals surface area contributed by atoms with Crippen molar-refractivity contribution in [3.63, 3.8) is 0 Å². The molecule has 0 atom stereocenters. The zero-order chi connectivity index (χ0) is 10.9. The highest BCUT2D eigenvalue weighted by atomic mass is 35.7. The molecule has 0 amide bonds. The highest BCUT2D eigenvalue weighted by Crippen LogP contribution is 2.11. The van der Waals surface area contributed by atoms with E-state index < -0.39 is 9.05 Å². The fourth-order valence-corrected chi connectivity index (χ4v) is 2.01. The second-order valence-electron chi connectivity index (χ2n) is 3.19. The molecule has 1 aromatic carbocycles. The van der Waals surface area contributed by atoms with Crippen molar-refractivity contribution in [2.45, 2.75) is 6.42 Å². The normalized spacial score (nSPS) is 12.1. The van der Waals surface area contributed by atoms with Crippen molar-refractivity contribution in [3.05, 3.63) is 30.1 Å². The molecule has 0 saturated heterocycles. The Morgan fingerprint density at radius 2 is 2.07 bits per heavy atom. The molecule has 2 rings (SSSR count). The lowest BCUT2D eigenvalue weighted by Gasteiger charge is -1.92. The predicted octanol–water partition coefficient (Wildman–Crippen LogP) is 1.67. The van der Waals surface area contributed by atoms with Crippen LogP contribution in [-0.4, -0.2) is 24.1 Å². The van der Waals surface area contributed by atoms with Gasteiger partial charge in [0.2, 0.25) is 9.05 Å². The van der Waals surface area contributed by atoms with E-state index in [4.69, 9.17) is 10.7 Å². The third-order valence-corrected chi connectivity index (χ3v) is 3.18. The highest BCUT2D eigenvalue weighted by Gasteiger charge is 2.08. The van der Waals surface area contributed by atoms with Crippen LogP contribution in [0.4, 0.5) is 0 Å². The number of aromatic nitrogens is 2. The number of imidazole rings is 1. The molecule has 0 aliphatic heterocycles. The van der Waals surface area contributed by atoms with Crippen molar-refractivity contribution in [2.75, 3.05) is 5.75 Å². The molecular weight excluding hydrogens is 236 g/mol. The molecule has 2 aromatic rings. The van der Waals surface area contributed by atoms with Gasteiger partial charge in [-0.25, -0.2) is 13.4 Å². The number of hydrogen-bond acceptors (Lipinski definition) is 3. The second kappa shape index (κ2) is 3.83. The van der Waals surface area contributed by atoms with Gasteiger partial charge >= 0.3 is 0 Å². The van der Waals surface area contributed by atoms with E-state index in [0.29, 0.717) is 12.2 Å². The number of nitrogens with one attached hydrogen (secondary N) is 1. The Kier molecular flexibility index (Phi) is 2.67. The van der Waals surface area contributed by atoms with Crippen LogP contribution in [0, 0.1) is 0 Å². The molecule has 0 unspecified atom stereocenters. The number of para-hydroxylation sites is 2. The predicted molar refractivity (Wildman–Crippen MR) is 59.4 cm³/mol. The van der Waals surface area contributed by atoms with Gasteiger partial charge in [0.15, 0.2) is 0 Å². The Balaban J connectivity index is 2.23. The molecule has 15 heavy (non-hydrogen) atoms. The number of aromatic amines is 1. The van der Waals surface area contributed by atoms with Crippen molar-refractivity contribution in [2.24, 2.45) is 0 Å². The molecule has 1 N–H and O–H groups in total. The minimum Gasteiger partial charge on any atom is -0.342 e. The van der Waals surface area contributed by atoms with Gasteiger partial charge in [-0.2, -0.15) is 0 Å². The quantitative estimate of drug-likeness (QED) is 0.836. The summed E-state index contributed by atoms with van der Waals surface area (Å²) < 4.78 is 21.5. The Hall–Kier alpha value is -1.07. The maximum Gasteiger partial charge on any atom is 0.233 e. The molecule has 80 valence electrons. The molecule has 0 saturated carbocycles. The minimum atomic E-state index is -3.45. The SMILES string of the molecule is O=S(=O)(Cl)CCc1nc2ccccc2[nH]1. The maximum atomic E-state index is 10.7. The summed E-state index contributed by atoms with van der Waals surface area (Å²) in [5.41, 5.74) is 1.74. The van der Waals surface area contributed by atoms with Gasteiger partial charge in [-0.15, -0.1) is 0 Å².